The molecule has 0 amide bonds. The Hall–Kier alpha value is -1.70. The van der Waals surface area contributed by atoms with Crippen LogP contribution in [0.25, 0.3) is 0 Å². The van der Waals surface area contributed by atoms with Crippen LogP contribution in [0, 0.1) is 17.0 Å². The van der Waals surface area contributed by atoms with Gasteiger partial charge in [-0.25, -0.2) is 4.98 Å². The molecule has 3 rings (SSSR count). The van der Waals surface area contributed by atoms with E-state index in [0.717, 1.165) is 24.0 Å². The monoisotopic (exact) mass is 454 g/mol. The molecule has 2 aromatic rings. The number of aryl methyl sites for hydroxylation is 1. The van der Waals surface area contributed by atoms with Crippen LogP contribution in [0.15, 0.2) is 28.9 Å². The van der Waals surface area contributed by atoms with E-state index in [4.69, 9.17) is 21.1 Å². The second-order valence-corrected chi connectivity index (χ2v) is 7.85. The summed E-state index contributed by atoms with van der Waals surface area (Å²) in [6.07, 6.45) is 3.01. The molecule has 0 aliphatic carbocycles. The van der Waals surface area contributed by atoms with Gasteiger partial charge in [0.05, 0.1) is 4.92 Å². The largest absolute Gasteiger partial charge is 0.479 e. The minimum atomic E-state index is -0.484. The molecule has 0 bridgehead atoms. The van der Waals surface area contributed by atoms with Crippen LogP contribution in [0.1, 0.15) is 48.5 Å². The number of nitro benzene ring substituents is 1. The van der Waals surface area contributed by atoms with Crippen molar-refractivity contribution >= 4 is 33.2 Å². The number of nitro groups is 1. The average molecular weight is 456 g/mol. The zero-order valence-corrected chi connectivity index (χ0v) is 17.4. The molecule has 1 aromatic heterocycles. The predicted octanol–water partition coefficient (Wildman–Crippen LogP) is 5.75. The third-order valence-corrected chi connectivity index (χ3v) is 5.51. The number of benzene rings is 1. The van der Waals surface area contributed by atoms with Gasteiger partial charge in [0.2, 0.25) is 5.75 Å². The lowest BCUT2D eigenvalue weighted by atomic mass is 9.88. The molecule has 1 aliphatic rings. The molecule has 1 aromatic carbocycles. The minimum absolute atomic E-state index is 0.0821. The van der Waals surface area contributed by atoms with Crippen LogP contribution in [0.2, 0.25) is 5.15 Å². The Labute approximate surface area is 171 Å². The standard InChI is InChI=1S/C19H20BrClN2O4/c1-11-9-14(20)10-16(23(24)25)18(11)27-12(2)17-15(3-6-22-19(17)21)13-4-7-26-8-5-13/h3,6,9-10,12-13H,4-5,7-8H2,1-2H3. The van der Waals surface area contributed by atoms with Crippen molar-refractivity contribution in [3.05, 3.63) is 60.8 Å². The highest BCUT2D eigenvalue weighted by Crippen LogP contribution is 2.40. The Morgan fingerprint density at radius 3 is 2.78 bits per heavy atom. The first kappa shape index (κ1) is 20.0. The molecule has 1 saturated heterocycles. The molecule has 6 nitrogen and oxygen atoms in total. The van der Waals surface area contributed by atoms with Crippen LogP contribution in [0.3, 0.4) is 0 Å². The second-order valence-electron chi connectivity index (χ2n) is 6.58. The van der Waals surface area contributed by atoms with Crippen molar-refractivity contribution in [1.82, 2.24) is 4.98 Å². The van der Waals surface area contributed by atoms with Crippen LogP contribution in [0.4, 0.5) is 5.69 Å². The van der Waals surface area contributed by atoms with Crippen LogP contribution < -0.4 is 4.74 Å². The normalized spacial score (nSPS) is 16.1. The van der Waals surface area contributed by atoms with E-state index in [0.29, 0.717) is 34.3 Å². The topological polar surface area (TPSA) is 74.5 Å². The van der Waals surface area contributed by atoms with Gasteiger partial charge < -0.3 is 9.47 Å². The van der Waals surface area contributed by atoms with Crippen molar-refractivity contribution in [2.24, 2.45) is 0 Å². The van der Waals surface area contributed by atoms with Crippen LogP contribution in [0.5, 0.6) is 5.75 Å². The molecular weight excluding hydrogens is 436 g/mol. The molecule has 0 saturated carbocycles. The SMILES string of the molecule is Cc1cc(Br)cc([N+](=O)[O-])c1OC(C)c1c(C2CCOCC2)ccnc1Cl. The van der Waals surface area contributed by atoms with Crippen molar-refractivity contribution < 1.29 is 14.4 Å². The summed E-state index contributed by atoms with van der Waals surface area (Å²) in [5.74, 6) is 0.551. The summed E-state index contributed by atoms with van der Waals surface area (Å²) in [6, 6.07) is 5.19. The molecule has 27 heavy (non-hydrogen) atoms. The van der Waals surface area contributed by atoms with E-state index < -0.39 is 11.0 Å². The van der Waals surface area contributed by atoms with Crippen molar-refractivity contribution in [3.8, 4) is 5.75 Å². The molecular formula is C19H20BrClN2O4. The average Bonchev–Trinajstić information content (AvgIpc) is 2.63. The fraction of sp³-hybridized carbons (Fsp3) is 0.421. The fourth-order valence-corrected chi connectivity index (χ4v) is 4.34. The quantitative estimate of drug-likeness (QED) is 0.326. The van der Waals surface area contributed by atoms with Crippen molar-refractivity contribution in [1.29, 1.82) is 0 Å². The molecule has 144 valence electrons. The molecule has 8 heteroatoms. The summed E-state index contributed by atoms with van der Waals surface area (Å²) < 4.78 is 12.2. The van der Waals surface area contributed by atoms with Gasteiger partial charge in [0, 0.05) is 35.5 Å². The first-order chi connectivity index (χ1) is 12.9. The summed E-state index contributed by atoms with van der Waals surface area (Å²) in [5, 5.41) is 11.8. The van der Waals surface area contributed by atoms with Crippen molar-refractivity contribution in [3.63, 3.8) is 0 Å². The van der Waals surface area contributed by atoms with Gasteiger partial charge in [-0.3, -0.25) is 10.1 Å². The predicted molar refractivity (Wildman–Crippen MR) is 107 cm³/mol. The number of rotatable bonds is 5. The summed E-state index contributed by atoms with van der Waals surface area (Å²) in [4.78, 5) is 15.2. The van der Waals surface area contributed by atoms with E-state index in [2.05, 4.69) is 20.9 Å². The Morgan fingerprint density at radius 2 is 2.11 bits per heavy atom. The molecule has 1 fully saturated rings. The second kappa shape index (κ2) is 8.54. The van der Waals surface area contributed by atoms with Crippen molar-refractivity contribution in [2.45, 2.75) is 38.7 Å². The molecule has 1 unspecified atom stereocenters. The highest BCUT2D eigenvalue weighted by molar-refractivity contribution is 9.10. The van der Waals surface area contributed by atoms with E-state index >= 15 is 0 Å². The highest BCUT2D eigenvalue weighted by atomic mass is 79.9. The first-order valence-electron chi connectivity index (χ1n) is 8.71. The van der Waals surface area contributed by atoms with Gasteiger partial charge in [-0.2, -0.15) is 0 Å². The third kappa shape index (κ3) is 4.42. The smallest absolute Gasteiger partial charge is 0.312 e. The summed E-state index contributed by atoms with van der Waals surface area (Å²) in [6.45, 7) is 5.04. The van der Waals surface area contributed by atoms with Gasteiger partial charge in [-0.05, 0) is 55.9 Å². The Balaban J connectivity index is 1.98. The van der Waals surface area contributed by atoms with E-state index in [1.54, 1.807) is 19.2 Å². The maximum atomic E-state index is 11.5. The van der Waals surface area contributed by atoms with Gasteiger partial charge in [0.15, 0.2) is 0 Å². The van der Waals surface area contributed by atoms with Crippen LogP contribution in [-0.4, -0.2) is 23.1 Å². The minimum Gasteiger partial charge on any atom is -0.479 e. The van der Waals surface area contributed by atoms with E-state index in [-0.39, 0.29) is 11.4 Å². The number of hydrogen-bond donors (Lipinski definition) is 0. The lowest BCUT2D eigenvalue weighted by Crippen LogP contribution is -2.18. The Bertz CT molecular complexity index is 856. The fourth-order valence-electron chi connectivity index (χ4n) is 3.47. The number of nitrogens with zero attached hydrogens (tertiary/aromatic N) is 2. The molecule has 1 atom stereocenters. The zero-order valence-electron chi connectivity index (χ0n) is 15.1. The van der Waals surface area contributed by atoms with Gasteiger partial charge >= 0.3 is 5.69 Å². The maximum Gasteiger partial charge on any atom is 0.312 e. The van der Waals surface area contributed by atoms with Gasteiger partial charge in [0.1, 0.15) is 11.3 Å². The molecule has 1 aliphatic heterocycles. The highest BCUT2D eigenvalue weighted by Gasteiger charge is 2.27. The van der Waals surface area contributed by atoms with Crippen LogP contribution in [-0.2, 0) is 4.74 Å². The Morgan fingerprint density at radius 1 is 1.41 bits per heavy atom. The molecule has 0 spiro atoms. The third-order valence-electron chi connectivity index (χ3n) is 4.75. The van der Waals surface area contributed by atoms with E-state index in [9.17, 15) is 10.1 Å². The number of hydrogen-bond acceptors (Lipinski definition) is 5. The molecule has 2 heterocycles. The summed E-state index contributed by atoms with van der Waals surface area (Å²) in [7, 11) is 0. The van der Waals surface area contributed by atoms with E-state index in [1.807, 2.05) is 13.0 Å². The van der Waals surface area contributed by atoms with E-state index in [1.165, 1.54) is 6.07 Å². The van der Waals surface area contributed by atoms with Gasteiger partial charge in [0.25, 0.3) is 0 Å². The summed E-state index contributed by atoms with van der Waals surface area (Å²) >= 11 is 9.71. The number of pyridine rings is 1. The first-order valence-corrected chi connectivity index (χ1v) is 9.88. The molecule has 0 N–H and O–H groups in total. The summed E-state index contributed by atoms with van der Waals surface area (Å²) in [5.41, 5.74) is 2.45. The number of ether oxygens (including phenoxy) is 2. The van der Waals surface area contributed by atoms with Gasteiger partial charge in [-0.15, -0.1) is 0 Å². The van der Waals surface area contributed by atoms with Crippen LogP contribution >= 0.6 is 27.5 Å². The Kier molecular flexibility index (Phi) is 6.34. The van der Waals surface area contributed by atoms with Crippen molar-refractivity contribution in [2.75, 3.05) is 13.2 Å². The number of halogens is 2. The maximum absolute atomic E-state index is 11.5. The lowest BCUT2D eigenvalue weighted by molar-refractivity contribution is -0.386. The van der Waals surface area contributed by atoms with Gasteiger partial charge in [-0.1, -0.05) is 27.5 Å². The lowest BCUT2D eigenvalue weighted by Gasteiger charge is -2.27. The number of aromatic nitrogens is 1. The zero-order chi connectivity index (χ0) is 19.6. The molecule has 0 radical (unpaired) electrons.